The monoisotopic (exact) mass is 348 g/mol. The minimum Gasteiger partial charge on any atom is -0.508 e. The Balaban J connectivity index is 1.72. The number of nitrogens with zero attached hydrogens (tertiary/aromatic N) is 2. The van der Waals surface area contributed by atoms with Gasteiger partial charge in [0.1, 0.15) is 5.75 Å². The molecule has 2 heterocycles. The maximum Gasteiger partial charge on any atom is 0.284 e. The molecule has 4 rings (SSSR count). The van der Waals surface area contributed by atoms with E-state index in [-0.39, 0.29) is 17.7 Å². The molecule has 1 atom stereocenters. The number of hydrogen-bond donors (Lipinski definition) is 1. The molecule has 0 saturated carbocycles. The standard InChI is InChI=1S/C20H16N2O2S/c23-16-10-8-14(9-11-16)17-13-18(15-5-2-1-3-6-15)22(21-17)20(24)19-7-4-12-25-19/h1-12,18,23H,13H2/t18-/m0/s1. The summed E-state index contributed by atoms with van der Waals surface area (Å²) in [5.41, 5.74) is 2.82. The van der Waals surface area contributed by atoms with E-state index in [0.29, 0.717) is 11.3 Å². The van der Waals surface area contributed by atoms with Gasteiger partial charge in [0.25, 0.3) is 5.91 Å². The molecule has 1 amide bonds. The summed E-state index contributed by atoms with van der Waals surface area (Å²) < 4.78 is 0. The first-order valence-corrected chi connectivity index (χ1v) is 8.89. The second-order valence-corrected chi connectivity index (χ2v) is 6.80. The number of phenolic OH excluding ortho intramolecular Hbond substituents is 1. The third-order valence-electron chi connectivity index (χ3n) is 4.24. The predicted octanol–water partition coefficient (Wildman–Crippen LogP) is 4.45. The first-order chi connectivity index (χ1) is 12.2. The van der Waals surface area contributed by atoms with Gasteiger partial charge in [-0.1, -0.05) is 36.4 Å². The van der Waals surface area contributed by atoms with Crippen molar-refractivity contribution in [2.75, 3.05) is 0 Å². The van der Waals surface area contributed by atoms with E-state index in [9.17, 15) is 9.90 Å². The number of thiophene rings is 1. The van der Waals surface area contributed by atoms with Crippen molar-refractivity contribution in [2.24, 2.45) is 5.10 Å². The van der Waals surface area contributed by atoms with E-state index in [4.69, 9.17) is 0 Å². The van der Waals surface area contributed by atoms with E-state index in [1.54, 1.807) is 17.1 Å². The number of phenols is 1. The Kier molecular flexibility index (Phi) is 4.07. The van der Waals surface area contributed by atoms with Crippen LogP contribution >= 0.6 is 11.3 Å². The van der Waals surface area contributed by atoms with Gasteiger partial charge in [0.15, 0.2) is 0 Å². The SMILES string of the molecule is O=C(c1cccs1)N1N=C(c2ccc(O)cc2)C[C@H]1c1ccccc1. The molecule has 0 aliphatic carbocycles. The lowest BCUT2D eigenvalue weighted by molar-refractivity contribution is 0.0716. The van der Waals surface area contributed by atoms with Gasteiger partial charge < -0.3 is 5.11 Å². The summed E-state index contributed by atoms with van der Waals surface area (Å²) in [5.74, 6) is 0.131. The molecule has 0 bridgehead atoms. The summed E-state index contributed by atoms with van der Waals surface area (Å²) >= 11 is 1.42. The molecule has 1 N–H and O–H groups in total. The summed E-state index contributed by atoms with van der Waals surface area (Å²) in [5, 5.41) is 17.6. The van der Waals surface area contributed by atoms with E-state index in [1.165, 1.54) is 11.3 Å². The highest BCUT2D eigenvalue weighted by Gasteiger charge is 2.33. The van der Waals surface area contributed by atoms with E-state index < -0.39 is 0 Å². The highest BCUT2D eigenvalue weighted by molar-refractivity contribution is 7.12. The normalized spacial score (nSPS) is 16.7. The highest BCUT2D eigenvalue weighted by atomic mass is 32.1. The minimum absolute atomic E-state index is 0.0855. The van der Waals surface area contributed by atoms with Crippen LogP contribution in [-0.2, 0) is 0 Å². The lowest BCUT2D eigenvalue weighted by Gasteiger charge is -2.21. The summed E-state index contributed by atoms with van der Waals surface area (Å²) in [6.07, 6.45) is 0.645. The number of hydrogen-bond acceptors (Lipinski definition) is 4. The Bertz CT molecular complexity index is 903. The molecule has 5 heteroatoms. The van der Waals surface area contributed by atoms with Crippen LogP contribution in [0.2, 0.25) is 0 Å². The van der Waals surface area contributed by atoms with Gasteiger partial charge >= 0.3 is 0 Å². The van der Waals surface area contributed by atoms with Crippen molar-refractivity contribution < 1.29 is 9.90 Å². The van der Waals surface area contributed by atoms with Crippen LogP contribution in [0.4, 0.5) is 0 Å². The van der Waals surface area contributed by atoms with Crippen molar-refractivity contribution in [2.45, 2.75) is 12.5 Å². The molecule has 0 radical (unpaired) electrons. The van der Waals surface area contributed by atoms with Gasteiger partial charge in [-0.25, -0.2) is 5.01 Å². The van der Waals surface area contributed by atoms with E-state index >= 15 is 0 Å². The quantitative estimate of drug-likeness (QED) is 0.760. The molecule has 25 heavy (non-hydrogen) atoms. The lowest BCUT2D eigenvalue weighted by Crippen LogP contribution is -2.26. The molecule has 4 nitrogen and oxygen atoms in total. The zero-order valence-electron chi connectivity index (χ0n) is 13.4. The Morgan fingerprint density at radius 2 is 1.80 bits per heavy atom. The summed E-state index contributed by atoms with van der Waals surface area (Å²) in [7, 11) is 0. The fourth-order valence-electron chi connectivity index (χ4n) is 2.97. The molecular weight excluding hydrogens is 332 g/mol. The molecule has 0 fully saturated rings. The van der Waals surface area contributed by atoms with Gasteiger partial charge in [-0.2, -0.15) is 5.10 Å². The third kappa shape index (κ3) is 3.06. The number of benzene rings is 2. The van der Waals surface area contributed by atoms with Crippen molar-refractivity contribution in [1.82, 2.24) is 5.01 Å². The van der Waals surface area contributed by atoms with Crippen molar-refractivity contribution in [3.8, 4) is 5.75 Å². The molecular formula is C20H16N2O2S. The van der Waals surface area contributed by atoms with Crippen molar-refractivity contribution >= 4 is 23.0 Å². The molecule has 1 aromatic heterocycles. The second-order valence-electron chi connectivity index (χ2n) is 5.85. The molecule has 0 unspecified atom stereocenters. The number of rotatable bonds is 3. The van der Waals surface area contributed by atoms with Gasteiger partial charge in [-0.3, -0.25) is 4.79 Å². The molecule has 2 aromatic carbocycles. The highest BCUT2D eigenvalue weighted by Crippen LogP contribution is 2.34. The molecule has 3 aromatic rings. The Hall–Kier alpha value is -2.92. The maximum atomic E-state index is 12.9. The Morgan fingerprint density at radius 3 is 2.48 bits per heavy atom. The fraction of sp³-hybridized carbons (Fsp3) is 0.100. The van der Waals surface area contributed by atoms with Gasteiger partial charge in [-0.15, -0.1) is 11.3 Å². The molecule has 124 valence electrons. The molecule has 0 spiro atoms. The fourth-order valence-corrected chi connectivity index (χ4v) is 3.63. The smallest absolute Gasteiger partial charge is 0.284 e. The van der Waals surface area contributed by atoms with Crippen LogP contribution in [0.3, 0.4) is 0 Å². The van der Waals surface area contributed by atoms with Gasteiger partial charge in [-0.05, 0) is 46.8 Å². The first-order valence-electron chi connectivity index (χ1n) is 8.01. The lowest BCUT2D eigenvalue weighted by atomic mass is 9.98. The topological polar surface area (TPSA) is 52.9 Å². The minimum atomic E-state index is -0.125. The number of carbonyl (C=O) groups is 1. The van der Waals surface area contributed by atoms with Crippen LogP contribution in [0.15, 0.2) is 77.2 Å². The summed E-state index contributed by atoms with van der Waals surface area (Å²) in [4.78, 5) is 13.6. The Morgan fingerprint density at radius 1 is 1.04 bits per heavy atom. The molecule has 1 aliphatic heterocycles. The zero-order chi connectivity index (χ0) is 17.2. The largest absolute Gasteiger partial charge is 0.508 e. The number of carbonyl (C=O) groups excluding carboxylic acids is 1. The van der Waals surface area contributed by atoms with Gasteiger partial charge in [0.2, 0.25) is 0 Å². The Labute approximate surface area is 149 Å². The maximum absolute atomic E-state index is 12.9. The van der Waals surface area contributed by atoms with E-state index in [0.717, 1.165) is 16.8 Å². The number of amides is 1. The summed E-state index contributed by atoms with van der Waals surface area (Å²) in [6, 6.07) is 20.5. The molecule has 0 saturated heterocycles. The average molecular weight is 348 g/mol. The average Bonchev–Trinajstić information content (AvgIpc) is 3.33. The van der Waals surface area contributed by atoms with Crippen LogP contribution < -0.4 is 0 Å². The second kappa shape index (κ2) is 6.53. The van der Waals surface area contributed by atoms with Gasteiger partial charge in [0, 0.05) is 6.42 Å². The van der Waals surface area contributed by atoms with E-state index in [2.05, 4.69) is 5.10 Å². The summed E-state index contributed by atoms with van der Waals surface area (Å²) in [6.45, 7) is 0. The number of aromatic hydroxyl groups is 1. The van der Waals surface area contributed by atoms with Crippen LogP contribution in [-0.4, -0.2) is 21.7 Å². The van der Waals surface area contributed by atoms with Crippen molar-refractivity contribution in [3.63, 3.8) is 0 Å². The predicted molar refractivity (Wildman–Crippen MR) is 98.9 cm³/mol. The third-order valence-corrected chi connectivity index (χ3v) is 5.09. The van der Waals surface area contributed by atoms with Crippen LogP contribution in [0.25, 0.3) is 0 Å². The molecule has 1 aliphatic rings. The van der Waals surface area contributed by atoms with Gasteiger partial charge in [0.05, 0.1) is 16.6 Å². The van der Waals surface area contributed by atoms with Crippen LogP contribution in [0.5, 0.6) is 5.75 Å². The van der Waals surface area contributed by atoms with Crippen molar-refractivity contribution in [1.29, 1.82) is 0 Å². The number of hydrazone groups is 1. The van der Waals surface area contributed by atoms with Crippen LogP contribution in [0.1, 0.15) is 33.3 Å². The van der Waals surface area contributed by atoms with Crippen LogP contribution in [0, 0.1) is 0 Å². The zero-order valence-corrected chi connectivity index (χ0v) is 14.2. The van der Waals surface area contributed by atoms with Crippen molar-refractivity contribution in [3.05, 3.63) is 88.1 Å². The van der Waals surface area contributed by atoms with E-state index in [1.807, 2.05) is 60.0 Å². The first kappa shape index (κ1) is 15.6.